The Morgan fingerprint density at radius 2 is 2.05 bits per heavy atom. The van der Waals surface area contributed by atoms with Crippen molar-refractivity contribution in [2.24, 2.45) is 0 Å². The third kappa shape index (κ3) is 3.67. The van der Waals surface area contributed by atoms with Gasteiger partial charge in [-0.05, 0) is 37.5 Å². The Balaban J connectivity index is 1.56. The van der Waals surface area contributed by atoms with Crippen LogP contribution in [0.4, 0.5) is 0 Å². The van der Waals surface area contributed by atoms with Crippen molar-refractivity contribution >= 4 is 0 Å². The maximum absolute atomic E-state index is 10.3. The molecule has 0 spiro atoms. The van der Waals surface area contributed by atoms with Crippen LogP contribution in [0, 0.1) is 0 Å². The summed E-state index contributed by atoms with van der Waals surface area (Å²) in [4.78, 5) is 0. The maximum Gasteiger partial charge on any atom is 0.161 e. The molecule has 5 nitrogen and oxygen atoms in total. The van der Waals surface area contributed by atoms with Crippen molar-refractivity contribution in [2.45, 2.75) is 38.0 Å². The molecule has 0 bridgehead atoms. The second kappa shape index (κ2) is 6.64. The van der Waals surface area contributed by atoms with Gasteiger partial charge in [0, 0.05) is 19.2 Å². The summed E-state index contributed by atoms with van der Waals surface area (Å²) < 4.78 is 16.6. The molecule has 0 amide bonds. The number of benzene rings is 1. The lowest BCUT2D eigenvalue weighted by atomic mass is 10.0. The minimum Gasteiger partial charge on any atom is -0.486 e. The van der Waals surface area contributed by atoms with Crippen molar-refractivity contribution in [3.8, 4) is 11.5 Å². The highest BCUT2D eigenvalue weighted by Gasteiger charge is 2.21. The molecular weight excluding hydrogens is 270 g/mol. The van der Waals surface area contributed by atoms with Crippen LogP contribution in [0.1, 0.15) is 31.4 Å². The van der Waals surface area contributed by atoms with Gasteiger partial charge in [-0.1, -0.05) is 6.07 Å². The van der Waals surface area contributed by atoms with E-state index < -0.39 is 6.10 Å². The predicted molar refractivity (Wildman–Crippen MR) is 78.8 cm³/mol. The van der Waals surface area contributed by atoms with Gasteiger partial charge in [0.2, 0.25) is 0 Å². The lowest BCUT2D eigenvalue weighted by Crippen LogP contribution is -2.39. The topological polar surface area (TPSA) is 60.0 Å². The van der Waals surface area contributed by atoms with Crippen LogP contribution in [0.2, 0.25) is 0 Å². The smallest absolute Gasteiger partial charge is 0.161 e. The van der Waals surface area contributed by atoms with Crippen molar-refractivity contribution in [2.75, 3.05) is 26.4 Å². The van der Waals surface area contributed by atoms with E-state index in [2.05, 4.69) is 12.2 Å². The predicted octanol–water partition coefficient (Wildman–Crippen LogP) is 1.65. The summed E-state index contributed by atoms with van der Waals surface area (Å²) in [7, 11) is 0. The molecule has 5 heteroatoms. The zero-order valence-electron chi connectivity index (χ0n) is 12.4. The number of aliphatic hydroxyl groups excluding tert-OH is 1. The normalized spacial score (nSPS) is 26.4. The van der Waals surface area contributed by atoms with Gasteiger partial charge in [0.1, 0.15) is 13.2 Å². The highest BCUT2D eigenvalue weighted by atomic mass is 16.6. The van der Waals surface area contributed by atoms with Gasteiger partial charge < -0.3 is 24.6 Å². The first-order valence-corrected chi connectivity index (χ1v) is 7.65. The van der Waals surface area contributed by atoms with Crippen molar-refractivity contribution in [3.63, 3.8) is 0 Å². The quantitative estimate of drug-likeness (QED) is 0.884. The van der Waals surface area contributed by atoms with E-state index in [1.807, 2.05) is 18.2 Å². The summed E-state index contributed by atoms with van der Waals surface area (Å²) in [6.07, 6.45) is 1.74. The molecule has 1 aromatic rings. The Morgan fingerprint density at radius 3 is 2.86 bits per heavy atom. The first-order chi connectivity index (χ1) is 10.2. The first-order valence-electron chi connectivity index (χ1n) is 7.65. The third-order valence-electron chi connectivity index (χ3n) is 4.04. The van der Waals surface area contributed by atoms with Gasteiger partial charge >= 0.3 is 0 Å². The number of rotatable bonds is 4. The van der Waals surface area contributed by atoms with Crippen molar-refractivity contribution in [3.05, 3.63) is 23.8 Å². The van der Waals surface area contributed by atoms with E-state index in [9.17, 15) is 5.11 Å². The van der Waals surface area contributed by atoms with Crippen molar-refractivity contribution in [1.29, 1.82) is 0 Å². The molecule has 2 heterocycles. The lowest BCUT2D eigenvalue weighted by Gasteiger charge is -2.29. The molecule has 2 N–H and O–H groups in total. The third-order valence-corrected chi connectivity index (χ3v) is 4.04. The zero-order valence-corrected chi connectivity index (χ0v) is 12.4. The molecule has 0 saturated carbocycles. The van der Waals surface area contributed by atoms with E-state index >= 15 is 0 Å². The fourth-order valence-electron chi connectivity index (χ4n) is 2.85. The van der Waals surface area contributed by atoms with Crippen LogP contribution < -0.4 is 14.8 Å². The molecule has 3 unspecified atom stereocenters. The van der Waals surface area contributed by atoms with E-state index in [1.165, 1.54) is 0 Å². The Labute approximate surface area is 125 Å². The van der Waals surface area contributed by atoms with Crippen LogP contribution in [-0.2, 0) is 4.74 Å². The van der Waals surface area contributed by atoms with Gasteiger partial charge in [0.05, 0.1) is 12.2 Å². The SMILES string of the molecule is CC1CC(NCC(O)c2ccc3c(c2)OCCO3)CCO1. The average molecular weight is 293 g/mol. The van der Waals surface area contributed by atoms with Crippen molar-refractivity contribution in [1.82, 2.24) is 5.32 Å². The summed E-state index contributed by atoms with van der Waals surface area (Å²) in [5.41, 5.74) is 0.854. The molecule has 1 saturated heterocycles. The zero-order chi connectivity index (χ0) is 14.7. The molecule has 0 aromatic heterocycles. The highest BCUT2D eigenvalue weighted by molar-refractivity contribution is 5.44. The van der Waals surface area contributed by atoms with Gasteiger partial charge in [0.25, 0.3) is 0 Å². The van der Waals surface area contributed by atoms with E-state index in [0.29, 0.717) is 31.9 Å². The fourth-order valence-corrected chi connectivity index (χ4v) is 2.85. The number of hydrogen-bond donors (Lipinski definition) is 2. The summed E-state index contributed by atoms with van der Waals surface area (Å²) in [6.45, 7) is 4.56. The average Bonchev–Trinajstić information content (AvgIpc) is 2.52. The second-order valence-electron chi connectivity index (χ2n) is 5.73. The van der Waals surface area contributed by atoms with Gasteiger partial charge in [-0.3, -0.25) is 0 Å². The lowest BCUT2D eigenvalue weighted by molar-refractivity contribution is 0.0109. The molecular formula is C16H23NO4. The molecule has 1 aromatic carbocycles. The monoisotopic (exact) mass is 293 g/mol. The Morgan fingerprint density at radius 1 is 1.24 bits per heavy atom. The van der Waals surface area contributed by atoms with Gasteiger partial charge in [-0.25, -0.2) is 0 Å². The Kier molecular flexibility index (Phi) is 4.63. The summed E-state index contributed by atoms with van der Waals surface area (Å²) in [6, 6.07) is 6.05. The molecule has 2 aliphatic heterocycles. The number of aliphatic hydroxyl groups is 1. The molecule has 116 valence electrons. The highest BCUT2D eigenvalue weighted by Crippen LogP contribution is 2.32. The van der Waals surface area contributed by atoms with Crippen molar-refractivity contribution < 1.29 is 19.3 Å². The van der Waals surface area contributed by atoms with Crippen LogP contribution in [0.25, 0.3) is 0 Å². The molecule has 1 fully saturated rings. The largest absolute Gasteiger partial charge is 0.486 e. The number of ether oxygens (including phenoxy) is 3. The van der Waals surface area contributed by atoms with Crippen LogP contribution in [0.3, 0.4) is 0 Å². The van der Waals surface area contributed by atoms with E-state index in [-0.39, 0.29) is 0 Å². The molecule has 21 heavy (non-hydrogen) atoms. The van der Waals surface area contributed by atoms with Gasteiger partial charge in [-0.15, -0.1) is 0 Å². The van der Waals surface area contributed by atoms with Crippen LogP contribution in [0.15, 0.2) is 18.2 Å². The number of nitrogens with one attached hydrogen (secondary N) is 1. The summed E-state index contributed by atoms with van der Waals surface area (Å²) >= 11 is 0. The maximum atomic E-state index is 10.3. The summed E-state index contributed by atoms with van der Waals surface area (Å²) in [5, 5.41) is 13.8. The minimum absolute atomic E-state index is 0.294. The molecule has 3 rings (SSSR count). The number of hydrogen-bond acceptors (Lipinski definition) is 5. The van der Waals surface area contributed by atoms with Gasteiger partial charge in [-0.2, -0.15) is 0 Å². The van der Waals surface area contributed by atoms with Crippen LogP contribution >= 0.6 is 0 Å². The minimum atomic E-state index is -0.543. The first kappa shape index (κ1) is 14.6. The molecule has 2 aliphatic rings. The summed E-state index contributed by atoms with van der Waals surface area (Å²) in [5.74, 6) is 1.47. The van der Waals surface area contributed by atoms with E-state index in [0.717, 1.165) is 36.5 Å². The van der Waals surface area contributed by atoms with Gasteiger partial charge in [0.15, 0.2) is 11.5 Å². The Bertz CT molecular complexity index is 479. The fraction of sp³-hybridized carbons (Fsp3) is 0.625. The van der Waals surface area contributed by atoms with E-state index in [4.69, 9.17) is 14.2 Å². The van der Waals surface area contributed by atoms with E-state index in [1.54, 1.807) is 0 Å². The second-order valence-corrected chi connectivity index (χ2v) is 5.73. The number of fused-ring (bicyclic) bond motifs is 1. The molecule has 0 radical (unpaired) electrons. The van der Waals surface area contributed by atoms with Crippen LogP contribution in [0.5, 0.6) is 11.5 Å². The molecule has 3 atom stereocenters. The Hall–Kier alpha value is -1.30. The molecule has 0 aliphatic carbocycles. The standard InChI is InChI=1S/C16H23NO4/c1-11-8-13(4-5-19-11)17-10-14(18)12-2-3-15-16(9-12)21-7-6-20-15/h2-3,9,11,13-14,17-18H,4-8,10H2,1H3. The van der Waals surface area contributed by atoms with Crippen LogP contribution in [-0.4, -0.2) is 43.6 Å².